The van der Waals surface area contributed by atoms with E-state index in [4.69, 9.17) is 28.7 Å². The van der Waals surface area contributed by atoms with Gasteiger partial charge in [0.1, 0.15) is 42.0 Å². The number of nitrogens with zero attached hydrogens (tertiary/aromatic N) is 2. The van der Waals surface area contributed by atoms with Crippen LogP contribution in [0.1, 0.15) is 75.5 Å². The minimum atomic E-state index is -1.40. The Hall–Kier alpha value is -7.55. The third-order valence-corrected chi connectivity index (χ3v) is 11.6. The smallest absolute Gasteiger partial charge is 0.245 e. The largest absolute Gasteiger partial charge is 0.508 e. The van der Waals surface area contributed by atoms with Crippen LogP contribution in [0.25, 0.3) is 0 Å². The van der Waals surface area contributed by atoms with Crippen molar-refractivity contribution in [3.8, 4) is 5.75 Å². The van der Waals surface area contributed by atoms with Crippen LogP contribution in [0.15, 0.2) is 89.9 Å². The van der Waals surface area contributed by atoms with Crippen LogP contribution in [0.2, 0.25) is 0 Å². The first-order valence-electron chi connectivity index (χ1n) is 23.4. The molecule has 0 aliphatic carbocycles. The number of carbonyl (C=O) groups excluding carboxylic acids is 8. The van der Waals surface area contributed by atoms with E-state index < -0.39 is 89.6 Å². The Morgan fingerprint density at radius 2 is 1.17 bits per heavy atom. The number of benzene rings is 3. The molecule has 21 heteroatoms. The molecule has 1 saturated heterocycles. The van der Waals surface area contributed by atoms with Crippen molar-refractivity contribution in [3.63, 3.8) is 0 Å². The van der Waals surface area contributed by atoms with Gasteiger partial charge in [0.05, 0.1) is 6.04 Å². The molecule has 1 fully saturated rings. The van der Waals surface area contributed by atoms with Crippen molar-refractivity contribution >= 4 is 53.2 Å². The number of likely N-dealkylation sites (tertiary alicyclic amines) is 1. The minimum Gasteiger partial charge on any atom is -0.508 e. The van der Waals surface area contributed by atoms with Crippen LogP contribution in [0.3, 0.4) is 0 Å². The average Bonchev–Trinajstić information content (AvgIpc) is 3.82. The van der Waals surface area contributed by atoms with Crippen LogP contribution in [-0.2, 0) is 57.6 Å². The fraction of sp³-hybridized carbons (Fsp3) is 0.449. The maximum atomic E-state index is 14.5. The number of phenolic OH excluding ortho intramolecular Hbond substituents is 1. The van der Waals surface area contributed by atoms with E-state index in [0.717, 1.165) is 5.56 Å². The maximum absolute atomic E-state index is 14.5. The van der Waals surface area contributed by atoms with Crippen LogP contribution in [0.5, 0.6) is 5.75 Å². The molecule has 0 unspecified atom stereocenters. The Kier molecular flexibility index (Phi) is 21.6. The van der Waals surface area contributed by atoms with Crippen molar-refractivity contribution in [2.24, 2.45) is 39.6 Å². The average molecular weight is 969 g/mol. The van der Waals surface area contributed by atoms with Gasteiger partial charge in [0.2, 0.25) is 47.3 Å². The van der Waals surface area contributed by atoms with Crippen LogP contribution in [-0.4, -0.2) is 119 Å². The summed E-state index contributed by atoms with van der Waals surface area (Å²) in [5.74, 6) is -5.98. The fourth-order valence-electron chi connectivity index (χ4n) is 8.00. The van der Waals surface area contributed by atoms with Gasteiger partial charge in [0, 0.05) is 32.4 Å². The Morgan fingerprint density at radius 1 is 0.643 bits per heavy atom. The monoisotopic (exact) mass is 969 g/mol. The predicted octanol–water partition coefficient (Wildman–Crippen LogP) is -0.987. The summed E-state index contributed by atoms with van der Waals surface area (Å²) < 4.78 is 0. The number of phenols is 1. The molecule has 16 N–H and O–H groups in total. The summed E-state index contributed by atoms with van der Waals surface area (Å²) in [5, 5.41) is 23.2. The van der Waals surface area contributed by atoms with Crippen LogP contribution in [0, 0.1) is 5.92 Å². The Morgan fingerprint density at radius 3 is 1.74 bits per heavy atom. The van der Waals surface area contributed by atoms with E-state index in [2.05, 4.69) is 31.6 Å². The molecule has 8 amide bonds. The van der Waals surface area contributed by atoms with Crippen LogP contribution >= 0.6 is 0 Å². The Bertz CT molecular complexity index is 2280. The van der Waals surface area contributed by atoms with Gasteiger partial charge >= 0.3 is 0 Å². The molecule has 1 heterocycles. The number of primary amides is 2. The zero-order valence-electron chi connectivity index (χ0n) is 39.7. The number of hydrogen-bond acceptors (Lipinski definition) is 11. The van der Waals surface area contributed by atoms with Crippen LogP contribution in [0.4, 0.5) is 0 Å². The van der Waals surface area contributed by atoms with Gasteiger partial charge < -0.3 is 65.3 Å². The molecule has 378 valence electrons. The Balaban J connectivity index is 1.55. The number of guanidine groups is 1. The summed E-state index contributed by atoms with van der Waals surface area (Å²) in [5.41, 5.74) is 30.5. The van der Waals surface area contributed by atoms with Gasteiger partial charge in [0.15, 0.2) is 5.96 Å². The molecule has 3 aromatic rings. The number of amides is 8. The second kappa shape index (κ2) is 27.4. The fourth-order valence-corrected chi connectivity index (χ4v) is 8.00. The number of aliphatic imine (C=N–C) groups is 1. The molecule has 0 saturated carbocycles. The molecule has 3 aromatic carbocycles. The number of rotatable bonds is 27. The first-order valence-corrected chi connectivity index (χ1v) is 23.4. The predicted molar refractivity (Wildman–Crippen MR) is 261 cm³/mol. The standard InChI is InChI=1S/C49H68N12O9/c1-29(2)25-38(59-43(65)34(50)26-32-17-19-33(62)20-18-32)45(67)60-39(28-31-13-7-4-8-14-31)46(68)57-36(21-22-41(51)63)48(70)61-24-10-16-40(61)47(69)56-35(15-9-23-55-49(53)54)44(66)58-37(42(52)64)27-30-11-5-3-6-12-30/h3-8,11-14,17-20,29,34-40,62H,9-10,15-16,21-28,50H2,1-2H3,(H2,51,63)(H2,52,64)(H,56,69)(H,57,68)(H,58,66)(H,59,65)(H,60,67)(H4,53,54,55)/t34-,35-,36-,37-,38-,39-,40-/m0/s1. The molecule has 4 rings (SSSR count). The highest BCUT2D eigenvalue weighted by molar-refractivity contribution is 5.98. The van der Waals surface area contributed by atoms with Crippen molar-refractivity contribution < 1.29 is 43.5 Å². The third kappa shape index (κ3) is 18.2. The normalized spacial score (nSPS) is 15.8. The maximum Gasteiger partial charge on any atom is 0.245 e. The van der Waals surface area contributed by atoms with Crippen molar-refractivity contribution in [1.29, 1.82) is 0 Å². The highest BCUT2D eigenvalue weighted by Crippen LogP contribution is 2.21. The summed E-state index contributed by atoms with van der Waals surface area (Å²) >= 11 is 0. The third-order valence-electron chi connectivity index (χ3n) is 11.6. The summed E-state index contributed by atoms with van der Waals surface area (Å²) in [6.45, 7) is 3.91. The van der Waals surface area contributed by atoms with Gasteiger partial charge in [-0.25, -0.2) is 0 Å². The quantitative estimate of drug-likeness (QED) is 0.0249. The molecule has 0 radical (unpaired) electrons. The number of aromatic hydroxyl groups is 1. The van der Waals surface area contributed by atoms with E-state index in [1.54, 1.807) is 72.8 Å². The summed E-state index contributed by atoms with van der Waals surface area (Å²) in [4.78, 5) is 114. The van der Waals surface area contributed by atoms with Crippen molar-refractivity contribution in [2.75, 3.05) is 13.1 Å². The van der Waals surface area contributed by atoms with Gasteiger partial charge in [-0.2, -0.15) is 0 Å². The molecule has 0 spiro atoms. The molecule has 1 aliphatic heterocycles. The zero-order chi connectivity index (χ0) is 51.3. The van der Waals surface area contributed by atoms with E-state index in [1.165, 1.54) is 17.0 Å². The zero-order valence-corrected chi connectivity index (χ0v) is 39.7. The molecule has 1 aliphatic rings. The van der Waals surface area contributed by atoms with Crippen molar-refractivity contribution in [3.05, 3.63) is 102 Å². The summed E-state index contributed by atoms with van der Waals surface area (Å²) in [6, 6.07) is 15.5. The lowest BCUT2D eigenvalue weighted by atomic mass is 9.99. The molecule has 7 atom stereocenters. The minimum absolute atomic E-state index is 0.0337. The first-order chi connectivity index (χ1) is 33.3. The van der Waals surface area contributed by atoms with Crippen molar-refractivity contribution in [1.82, 2.24) is 31.5 Å². The SMILES string of the molecule is CC(C)C[C@H](NC(=O)[C@@H](N)Cc1ccc(O)cc1)C(=O)N[C@@H](Cc1ccccc1)C(=O)N[C@@H](CCC(N)=O)C(=O)N1CCC[C@H]1C(=O)N[C@@H](CCCN=C(N)N)C(=O)N[C@@H](Cc1ccccc1)C(N)=O. The summed E-state index contributed by atoms with van der Waals surface area (Å²) in [7, 11) is 0. The molecule has 21 nitrogen and oxygen atoms in total. The van der Waals surface area contributed by atoms with E-state index in [0.29, 0.717) is 17.5 Å². The molecule has 70 heavy (non-hydrogen) atoms. The highest BCUT2D eigenvalue weighted by Gasteiger charge is 2.40. The van der Waals surface area contributed by atoms with E-state index in [1.807, 2.05) is 13.8 Å². The topological polar surface area (TPSA) is 363 Å². The van der Waals surface area contributed by atoms with Gasteiger partial charge in [-0.3, -0.25) is 43.3 Å². The molecule has 0 aromatic heterocycles. The molecule has 0 bridgehead atoms. The van der Waals surface area contributed by atoms with E-state index in [-0.39, 0.29) is 88.5 Å². The molecular weight excluding hydrogens is 901 g/mol. The number of carbonyl (C=O) groups is 8. The van der Waals surface area contributed by atoms with E-state index in [9.17, 15) is 43.5 Å². The second-order valence-electron chi connectivity index (χ2n) is 17.8. The Labute approximate surface area is 407 Å². The van der Waals surface area contributed by atoms with Crippen molar-refractivity contribution in [2.45, 2.75) is 120 Å². The number of nitrogens with one attached hydrogen (secondary N) is 5. The van der Waals surface area contributed by atoms with Gasteiger partial charge in [0.25, 0.3) is 0 Å². The lowest BCUT2D eigenvalue weighted by Gasteiger charge is -2.31. The van der Waals surface area contributed by atoms with Gasteiger partial charge in [-0.05, 0) is 79.7 Å². The van der Waals surface area contributed by atoms with Gasteiger partial charge in [-0.1, -0.05) is 86.6 Å². The van der Waals surface area contributed by atoms with Gasteiger partial charge in [-0.15, -0.1) is 0 Å². The lowest BCUT2D eigenvalue weighted by Crippen LogP contribution is -2.60. The lowest BCUT2D eigenvalue weighted by molar-refractivity contribution is -0.143. The summed E-state index contributed by atoms with van der Waals surface area (Å²) in [6.07, 6.45) is 0.587. The second-order valence-corrected chi connectivity index (χ2v) is 17.8. The van der Waals surface area contributed by atoms with Crippen LogP contribution < -0.4 is 55.3 Å². The molecular formula is C49H68N12O9. The number of hydrogen-bond donors (Lipinski definition) is 11. The van der Waals surface area contributed by atoms with E-state index >= 15 is 0 Å². The number of nitrogens with two attached hydrogens (primary N) is 5. The first kappa shape index (κ1) is 55.0. The highest BCUT2D eigenvalue weighted by atomic mass is 16.3.